The van der Waals surface area contributed by atoms with Gasteiger partial charge in [0.05, 0.1) is 0 Å². The van der Waals surface area contributed by atoms with Gasteiger partial charge in [-0.3, -0.25) is 9.59 Å². The Hall–Kier alpha value is -1.06. The molecule has 4 nitrogen and oxygen atoms in total. The molecule has 0 aromatic carbocycles. The molecule has 4 heteroatoms. The molecule has 0 aromatic heterocycles. The molecule has 0 aliphatic carbocycles. The van der Waals surface area contributed by atoms with Crippen molar-refractivity contribution in [1.82, 2.24) is 5.32 Å². The number of nitrogens with one attached hydrogen (secondary N) is 1. The summed E-state index contributed by atoms with van der Waals surface area (Å²) in [5.74, 6) is -0.493. The van der Waals surface area contributed by atoms with Crippen molar-refractivity contribution in [2.24, 2.45) is 11.1 Å². The van der Waals surface area contributed by atoms with Gasteiger partial charge in [0.25, 0.3) is 0 Å². The van der Waals surface area contributed by atoms with E-state index in [0.29, 0.717) is 0 Å². The van der Waals surface area contributed by atoms with Crippen LogP contribution in [0.15, 0.2) is 0 Å². The van der Waals surface area contributed by atoms with Crippen molar-refractivity contribution in [2.75, 3.05) is 0 Å². The summed E-state index contributed by atoms with van der Waals surface area (Å²) in [6.07, 6.45) is 0.148. The van der Waals surface area contributed by atoms with Gasteiger partial charge in [0.15, 0.2) is 0 Å². The van der Waals surface area contributed by atoms with Crippen molar-refractivity contribution >= 4 is 11.8 Å². The minimum atomic E-state index is -0.573. The molecule has 0 unspecified atom stereocenters. The molecule has 2 amide bonds. The predicted molar refractivity (Wildman–Crippen MR) is 55.5 cm³/mol. The highest BCUT2D eigenvalue weighted by atomic mass is 16.2. The second-order valence-corrected chi connectivity index (χ2v) is 5.23. The summed E-state index contributed by atoms with van der Waals surface area (Å²) in [6.45, 7) is 9.02. The number of hydrogen-bond donors (Lipinski definition) is 2. The molecule has 14 heavy (non-hydrogen) atoms. The smallest absolute Gasteiger partial charge is 0.225 e. The number of amides is 2. The molecule has 0 rings (SSSR count). The zero-order valence-corrected chi connectivity index (χ0v) is 9.60. The maximum absolute atomic E-state index is 11.6. The van der Waals surface area contributed by atoms with E-state index < -0.39 is 16.9 Å². The van der Waals surface area contributed by atoms with Gasteiger partial charge in [-0.1, -0.05) is 20.8 Å². The van der Waals surface area contributed by atoms with Crippen LogP contribution in [-0.4, -0.2) is 17.4 Å². The Morgan fingerprint density at radius 1 is 1.14 bits per heavy atom. The summed E-state index contributed by atoms with van der Waals surface area (Å²) >= 11 is 0. The highest BCUT2D eigenvalue weighted by molar-refractivity contribution is 5.83. The lowest BCUT2D eigenvalue weighted by Crippen LogP contribution is -2.49. The molecule has 0 fully saturated rings. The third-order valence-corrected chi connectivity index (χ3v) is 1.75. The molecule has 3 N–H and O–H groups in total. The molecular formula is C10H20N2O2. The lowest BCUT2D eigenvalue weighted by atomic mass is 9.92. The number of hydrogen-bond acceptors (Lipinski definition) is 2. The summed E-state index contributed by atoms with van der Waals surface area (Å²) in [7, 11) is 0. The van der Waals surface area contributed by atoms with Crippen molar-refractivity contribution in [1.29, 1.82) is 0 Å². The fourth-order valence-electron chi connectivity index (χ4n) is 0.975. The number of carbonyl (C=O) groups excluding carboxylic acids is 2. The Bertz CT molecular complexity index is 239. The van der Waals surface area contributed by atoms with E-state index in [1.54, 1.807) is 13.8 Å². The van der Waals surface area contributed by atoms with E-state index in [1.165, 1.54) is 0 Å². The zero-order valence-electron chi connectivity index (χ0n) is 9.60. The van der Waals surface area contributed by atoms with Crippen LogP contribution >= 0.6 is 0 Å². The van der Waals surface area contributed by atoms with Gasteiger partial charge in [0, 0.05) is 17.4 Å². The van der Waals surface area contributed by atoms with Crippen molar-refractivity contribution in [3.05, 3.63) is 0 Å². The SMILES string of the molecule is CC(C)(CC(N)=O)NC(=O)C(C)(C)C. The summed E-state index contributed by atoms with van der Waals surface area (Å²) in [6, 6.07) is 0. The fraction of sp³-hybridized carbons (Fsp3) is 0.800. The van der Waals surface area contributed by atoms with Crippen LogP contribution in [0.3, 0.4) is 0 Å². The third-order valence-electron chi connectivity index (χ3n) is 1.75. The lowest BCUT2D eigenvalue weighted by molar-refractivity contribution is -0.130. The average Bonchev–Trinajstić information content (AvgIpc) is 1.79. The molecule has 0 saturated heterocycles. The molecule has 0 heterocycles. The molecule has 0 radical (unpaired) electrons. The minimum Gasteiger partial charge on any atom is -0.370 e. The first-order chi connectivity index (χ1) is 6.04. The van der Waals surface area contributed by atoms with Crippen molar-refractivity contribution in [2.45, 2.75) is 46.6 Å². The topological polar surface area (TPSA) is 72.2 Å². The Morgan fingerprint density at radius 3 is 1.86 bits per heavy atom. The quantitative estimate of drug-likeness (QED) is 0.707. The number of primary amides is 1. The first-order valence-electron chi connectivity index (χ1n) is 4.65. The van der Waals surface area contributed by atoms with Crippen LogP contribution in [-0.2, 0) is 9.59 Å². The first-order valence-corrected chi connectivity index (χ1v) is 4.65. The third kappa shape index (κ3) is 4.84. The van der Waals surface area contributed by atoms with Gasteiger partial charge in [-0.05, 0) is 13.8 Å². The largest absolute Gasteiger partial charge is 0.370 e. The molecule has 0 saturated carbocycles. The fourth-order valence-corrected chi connectivity index (χ4v) is 0.975. The van der Waals surface area contributed by atoms with Gasteiger partial charge in [0.2, 0.25) is 11.8 Å². The van der Waals surface area contributed by atoms with Gasteiger partial charge >= 0.3 is 0 Å². The van der Waals surface area contributed by atoms with E-state index in [9.17, 15) is 9.59 Å². The summed E-state index contributed by atoms with van der Waals surface area (Å²) in [4.78, 5) is 22.3. The van der Waals surface area contributed by atoms with Crippen molar-refractivity contribution < 1.29 is 9.59 Å². The summed E-state index contributed by atoms with van der Waals surface area (Å²) < 4.78 is 0. The summed E-state index contributed by atoms with van der Waals surface area (Å²) in [5.41, 5.74) is 4.05. The van der Waals surface area contributed by atoms with Crippen LogP contribution in [0.2, 0.25) is 0 Å². The highest BCUT2D eigenvalue weighted by Crippen LogP contribution is 2.16. The molecule has 0 atom stereocenters. The number of carbonyl (C=O) groups is 2. The maximum Gasteiger partial charge on any atom is 0.225 e. The number of nitrogens with two attached hydrogens (primary N) is 1. The summed E-state index contributed by atoms with van der Waals surface area (Å²) in [5, 5.41) is 2.79. The maximum atomic E-state index is 11.6. The van der Waals surface area contributed by atoms with E-state index in [0.717, 1.165) is 0 Å². The van der Waals surface area contributed by atoms with E-state index in [4.69, 9.17) is 5.73 Å². The number of rotatable bonds is 3. The van der Waals surface area contributed by atoms with Gasteiger partial charge < -0.3 is 11.1 Å². The Balaban J connectivity index is 4.37. The molecule has 0 aliphatic rings. The minimum absolute atomic E-state index is 0.0799. The van der Waals surface area contributed by atoms with Gasteiger partial charge in [-0.15, -0.1) is 0 Å². The van der Waals surface area contributed by atoms with E-state index >= 15 is 0 Å². The molecule has 0 spiro atoms. The van der Waals surface area contributed by atoms with E-state index in [2.05, 4.69) is 5.32 Å². The van der Waals surface area contributed by atoms with Gasteiger partial charge in [-0.25, -0.2) is 0 Å². The van der Waals surface area contributed by atoms with Gasteiger partial charge in [0.1, 0.15) is 0 Å². The zero-order chi connectivity index (χ0) is 11.6. The van der Waals surface area contributed by atoms with E-state index in [-0.39, 0.29) is 12.3 Å². The van der Waals surface area contributed by atoms with Crippen LogP contribution < -0.4 is 11.1 Å². The van der Waals surface area contributed by atoms with Crippen LogP contribution in [0.4, 0.5) is 0 Å². The van der Waals surface area contributed by atoms with Gasteiger partial charge in [-0.2, -0.15) is 0 Å². The highest BCUT2D eigenvalue weighted by Gasteiger charge is 2.28. The predicted octanol–water partition coefficient (Wildman–Crippen LogP) is 0.803. The van der Waals surface area contributed by atoms with Crippen LogP contribution in [0.25, 0.3) is 0 Å². The first kappa shape index (κ1) is 12.9. The average molecular weight is 200 g/mol. The van der Waals surface area contributed by atoms with Crippen LogP contribution in [0, 0.1) is 5.41 Å². The van der Waals surface area contributed by atoms with E-state index in [1.807, 2.05) is 20.8 Å². The molecule has 0 bridgehead atoms. The lowest BCUT2D eigenvalue weighted by Gasteiger charge is -2.29. The van der Waals surface area contributed by atoms with Crippen LogP contribution in [0.5, 0.6) is 0 Å². The monoisotopic (exact) mass is 200 g/mol. The van der Waals surface area contributed by atoms with Crippen molar-refractivity contribution in [3.8, 4) is 0 Å². The molecule has 0 aromatic rings. The van der Waals surface area contributed by atoms with Crippen LogP contribution in [0.1, 0.15) is 41.0 Å². The second kappa shape index (κ2) is 3.98. The normalized spacial score (nSPS) is 12.4. The molecule has 82 valence electrons. The second-order valence-electron chi connectivity index (χ2n) is 5.23. The standard InChI is InChI=1S/C10H20N2O2/c1-9(2,3)8(14)12-10(4,5)6-7(11)13/h6H2,1-5H3,(H2,11,13)(H,12,14). The van der Waals surface area contributed by atoms with Crippen molar-refractivity contribution in [3.63, 3.8) is 0 Å². The Kier molecular flexibility index (Phi) is 3.68. The molecular weight excluding hydrogens is 180 g/mol. The Morgan fingerprint density at radius 2 is 1.57 bits per heavy atom. The molecule has 0 aliphatic heterocycles. The Labute approximate surface area is 85.2 Å².